The predicted octanol–water partition coefficient (Wildman–Crippen LogP) is 5.88. The second-order valence-corrected chi connectivity index (χ2v) is 9.52. The quantitative estimate of drug-likeness (QED) is 0.165. The number of anilines is 1. The highest BCUT2D eigenvalue weighted by Crippen LogP contribution is 2.40. The second-order valence-electron chi connectivity index (χ2n) is 8.66. The van der Waals surface area contributed by atoms with E-state index >= 15 is 0 Å². The molecule has 1 unspecified atom stereocenters. The molecule has 0 aliphatic carbocycles. The normalized spacial score (nSPS) is 16.2. The molecule has 8 heteroatoms. The van der Waals surface area contributed by atoms with E-state index in [1.54, 1.807) is 5.38 Å². The van der Waals surface area contributed by atoms with Gasteiger partial charge in [0.1, 0.15) is 11.2 Å². The van der Waals surface area contributed by atoms with Crippen molar-refractivity contribution in [2.75, 3.05) is 11.9 Å². The van der Waals surface area contributed by atoms with E-state index in [1.807, 2.05) is 54.6 Å². The maximum Gasteiger partial charge on any atom is 0.360 e. The van der Waals surface area contributed by atoms with Gasteiger partial charge in [0.05, 0.1) is 6.61 Å². The number of rotatable bonds is 9. The number of benzene rings is 3. The van der Waals surface area contributed by atoms with Gasteiger partial charge in [0.25, 0.3) is 0 Å². The number of carboxylic acids is 1. The molecule has 2 heterocycles. The van der Waals surface area contributed by atoms with E-state index < -0.39 is 17.8 Å². The summed E-state index contributed by atoms with van der Waals surface area (Å²) in [7, 11) is 0. The Balaban J connectivity index is 1.55. The van der Waals surface area contributed by atoms with E-state index in [2.05, 4.69) is 51.9 Å². The number of hydrogen-bond donors (Lipinski definition) is 2. The number of aliphatic carboxylic acids is 1. The maximum atomic E-state index is 12.0. The lowest BCUT2D eigenvalue weighted by molar-refractivity contribution is -0.162. The molecule has 1 aliphatic heterocycles. The number of carbonyl (C=O) groups is 1. The van der Waals surface area contributed by atoms with Crippen molar-refractivity contribution in [3.63, 3.8) is 0 Å². The molecule has 188 valence electrons. The third-order valence-electron chi connectivity index (χ3n) is 6.26. The predicted molar refractivity (Wildman–Crippen MR) is 144 cm³/mol. The summed E-state index contributed by atoms with van der Waals surface area (Å²) < 4.78 is 5.51. The summed E-state index contributed by atoms with van der Waals surface area (Å²) in [6.07, 6.45) is 2.05. The molecule has 1 fully saturated rings. The van der Waals surface area contributed by atoms with Gasteiger partial charge in [-0.3, -0.25) is 0 Å². The van der Waals surface area contributed by atoms with Gasteiger partial charge in [-0.1, -0.05) is 96.2 Å². The van der Waals surface area contributed by atoms with Gasteiger partial charge in [-0.25, -0.2) is 9.78 Å². The Kier molecular flexibility index (Phi) is 7.58. The van der Waals surface area contributed by atoms with Gasteiger partial charge in [-0.05, 0) is 29.5 Å². The molecule has 1 saturated heterocycles. The molecule has 2 N–H and O–H groups in total. The molecule has 3 aromatic carbocycles. The number of hydrogen-bond acceptors (Lipinski definition) is 7. The smallest absolute Gasteiger partial charge is 0.360 e. The molecule has 1 aliphatic rings. The van der Waals surface area contributed by atoms with Crippen molar-refractivity contribution < 1.29 is 19.5 Å². The summed E-state index contributed by atoms with van der Waals surface area (Å²) in [6, 6.07) is 30.4. The van der Waals surface area contributed by atoms with Crippen molar-refractivity contribution in [2.24, 2.45) is 5.16 Å². The van der Waals surface area contributed by atoms with Crippen LogP contribution in [0.4, 0.5) is 5.13 Å². The fourth-order valence-electron chi connectivity index (χ4n) is 4.48. The van der Waals surface area contributed by atoms with E-state index in [-0.39, 0.29) is 11.4 Å². The summed E-state index contributed by atoms with van der Waals surface area (Å²) in [6.45, 7) is 0.577. The SMILES string of the molecule is O=C(O)/C(=N\OC1CCCCO1)c1csc(NC(c2ccccc2)(c2ccccc2)c2ccccc2)n1. The molecule has 1 atom stereocenters. The summed E-state index contributed by atoms with van der Waals surface area (Å²) in [5.41, 5.74) is 2.26. The van der Waals surface area contributed by atoms with Crippen LogP contribution in [0.3, 0.4) is 0 Å². The number of oxime groups is 1. The molecule has 4 aromatic rings. The first kappa shape index (κ1) is 24.7. The molecular formula is C29H27N3O4S. The van der Waals surface area contributed by atoms with Crippen LogP contribution in [0, 0.1) is 0 Å². The zero-order chi connectivity index (χ0) is 25.5. The summed E-state index contributed by atoms with van der Waals surface area (Å²) in [5.74, 6) is -1.21. The maximum absolute atomic E-state index is 12.0. The van der Waals surface area contributed by atoms with Crippen LogP contribution < -0.4 is 5.32 Å². The molecular weight excluding hydrogens is 486 g/mol. The van der Waals surface area contributed by atoms with Crippen LogP contribution >= 0.6 is 11.3 Å². The first-order valence-corrected chi connectivity index (χ1v) is 13.0. The fourth-order valence-corrected chi connectivity index (χ4v) is 5.23. The van der Waals surface area contributed by atoms with Crippen molar-refractivity contribution in [1.82, 2.24) is 4.98 Å². The van der Waals surface area contributed by atoms with E-state index in [0.717, 1.165) is 29.5 Å². The number of thiazole rings is 1. The molecule has 0 amide bonds. The van der Waals surface area contributed by atoms with Crippen LogP contribution in [-0.4, -0.2) is 34.7 Å². The Hall–Kier alpha value is -4.01. The molecule has 1 aromatic heterocycles. The van der Waals surface area contributed by atoms with Crippen molar-refractivity contribution in [2.45, 2.75) is 31.1 Å². The zero-order valence-electron chi connectivity index (χ0n) is 20.1. The third-order valence-corrected chi connectivity index (χ3v) is 7.02. The lowest BCUT2D eigenvalue weighted by Crippen LogP contribution is -2.38. The van der Waals surface area contributed by atoms with Crippen LogP contribution in [0.5, 0.6) is 0 Å². The number of nitrogens with one attached hydrogen (secondary N) is 1. The third kappa shape index (κ3) is 5.40. The minimum Gasteiger partial charge on any atom is -0.476 e. The Morgan fingerprint density at radius 2 is 1.51 bits per heavy atom. The number of nitrogens with zero attached hydrogens (tertiary/aromatic N) is 2. The first-order valence-electron chi connectivity index (χ1n) is 12.2. The monoisotopic (exact) mass is 513 g/mol. The molecule has 0 bridgehead atoms. The van der Waals surface area contributed by atoms with Crippen LogP contribution in [0.15, 0.2) is 102 Å². The highest BCUT2D eigenvalue weighted by atomic mass is 32.1. The average molecular weight is 514 g/mol. The van der Waals surface area contributed by atoms with Gasteiger partial charge in [-0.2, -0.15) is 0 Å². The van der Waals surface area contributed by atoms with E-state index in [0.29, 0.717) is 18.2 Å². The van der Waals surface area contributed by atoms with Crippen molar-refractivity contribution >= 4 is 28.1 Å². The Labute approximate surface area is 219 Å². The van der Waals surface area contributed by atoms with Crippen LogP contribution in [0.25, 0.3) is 0 Å². The summed E-state index contributed by atoms with van der Waals surface area (Å²) in [5, 5.41) is 19.6. The van der Waals surface area contributed by atoms with Gasteiger partial charge in [0.15, 0.2) is 5.13 Å². The number of ether oxygens (including phenoxy) is 1. The Bertz CT molecular complexity index is 1240. The van der Waals surface area contributed by atoms with Crippen molar-refractivity contribution in [3.05, 3.63) is 119 Å². The second kappa shape index (κ2) is 11.4. The molecule has 0 spiro atoms. The molecule has 5 rings (SSSR count). The molecule has 0 saturated carbocycles. The molecule has 0 radical (unpaired) electrons. The van der Waals surface area contributed by atoms with Crippen molar-refractivity contribution in [1.29, 1.82) is 0 Å². The average Bonchev–Trinajstić information content (AvgIpc) is 3.41. The lowest BCUT2D eigenvalue weighted by Gasteiger charge is -2.36. The summed E-state index contributed by atoms with van der Waals surface area (Å²) >= 11 is 1.31. The van der Waals surface area contributed by atoms with Gasteiger partial charge >= 0.3 is 5.97 Å². The van der Waals surface area contributed by atoms with Gasteiger partial charge < -0.3 is 20.0 Å². The van der Waals surface area contributed by atoms with E-state index in [4.69, 9.17) is 9.57 Å². The van der Waals surface area contributed by atoms with Crippen molar-refractivity contribution in [3.8, 4) is 0 Å². The Morgan fingerprint density at radius 1 is 0.946 bits per heavy atom. The summed E-state index contributed by atoms with van der Waals surface area (Å²) in [4.78, 5) is 22.1. The van der Waals surface area contributed by atoms with Crippen LogP contribution in [0.1, 0.15) is 41.6 Å². The standard InChI is InChI=1S/C29H27N3O4S/c33-27(34)26(32-36-25-18-10-11-19-35-25)24-20-37-28(30-24)31-29(21-12-4-1-5-13-21,22-14-6-2-7-15-22)23-16-8-3-9-17-23/h1-9,12-17,20,25H,10-11,18-19H2,(H,30,31)(H,33,34)/b32-26-. The largest absolute Gasteiger partial charge is 0.476 e. The van der Waals surface area contributed by atoms with Crippen LogP contribution in [-0.2, 0) is 19.9 Å². The zero-order valence-corrected chi connectivity index (χ0v) is 20.9. The van der Waals surface area contributed by atoms with Crippen LogP contribution in [0.2, 0.25) is 0 Å². The van der Waals surface area contributed by atoms with E-state index in [1.165, 1.54) is 11.3 Å². The highest BCUT2D eigenvalue weighted by Gasteiger charge is 2.37. The van der Waals surface area contributed by atoms with Gasteiger partial charge in [0.2, 0.25) is 12.0 Å². The molecule has 37 heavy (non-hydrogen) atoms. The Morgan fingerprint density at radius 3 is 2.00 bits per heavy atom. The fraction of sp³-hybridized carbons (Fsp3) is 0.207. The van der Waals surface area contributed by atoms with Gasteiger partial charge in [0, 0.05) is 11.8 Å². The van der Waals surface area contributed by atoms with Gasteiger partial charge in [-0.15, -0.1) is 11.3 Å². The number of carboxylic acid groups (broad SMARTS) is 1. The molecule has 7 nitrogen and oxygen atoms in total. The first-order chi connectivity index (χ1) is 18.2. The minimum atomic E-state index is -1.21. The number of aromatic nitrogens is 1. The topological polar surface area (TPSA) is 93.0 Å². The minimum absolute atomic E-state index is 0.221. The highest BCUT2D eigenvalue weighted by molar-refractivity contribution is 7.14. The lowest BCUT2D eigenvalue weighted by atomic mass is 9.77. The van der Waals surface area contributed by atoms with E-state index in [9.17, 15) is 9.90 Å².